The molecular weight excluding hydrogens is 138 g/mol. The molecule has 1 saturated heterocycles. The molecule has 0 aromatic carbocycles. The first-order valence-electron chi connectivity index (χ1n) is 4.53. The number of likely N-dealkylation sites (tertiary alicyclic amines) is 1. The standard InChI is InChI=1S/C9H19NO/c1-3-10-6-4-5-9(2,7-10)8-11/h11H,3-8H2,1-2H3. The van der Waals surface area contributed by atoms with Crippen LogP contribution in [0.2, 0.25) is 0 Å². The molecule has 1 heterocycles. The van der Waals surface area contributed by atoms with Crippen molar-refractivity contribution in [2.45, 2.75) is 26.7 Å². The first-order valence-corrected chi connectivity index (χ1v) is 4.53. The van der Waals surface area contributed by atoms with Crippen LogP contribution in [-0.4, -0.2) is 36.2 Å². The zero-order valence-corrected chi connectivity index (χ0v) is 7.64. The highest BCUT2D eigenvalue weighted by Crippen LogP contribution is 2.28. The van der Waals surface area contributed by atoms with Crippen molar-refractivity contribution in [1.82, 2.24) is 4.90 Å². The van der Waals surface area contributed by atoms with Crippen molar-refractivity contribution in [3.8, 4) is 0 Å². The Hall–Kier alpha value is -0.0800. The van der Waals surface area contributed by atoms with Crippen LogP contribution in [0.15, 0.2) is 0 Å². The molecule has 1 atom stereocenters. The van der Waals surface area contributed by atoms with Crippen molar-refractivity contribution in [2.75, 3.05) is 26.2 Å². The van der Waals surface area contributed by atoms with E-state index in [1.54, 1.807) is 0 Å². The Labute approximate surface area is 69.2 Å². The normalized spacial score (nSPS) is 34.1. The molecule has 0 amide bonds. The van der Waals surface area contributed by atoms with Gasteiger partial charge in [-0.05, 0) is 25.9 Å². The fourth-order valence-corrected chi connectivity index (χ4v) is 1.83. The fourth-order valence-electron chi connectivity index (χ4n) is 1.83. The van der Waals surface area contributed by atoms with E-state index in [0.717, 1.165) is 13.1 Å². The van der Waals surface area contributed by atoms with Crippen LogP contribution in [0.25, 0.3) is 0 Å². The second-order valence-electron chi connectivity index (χ2n) is 3.94. The number of rotatable bonds is 2. The Morgan fingerprint density at radius 2 is 2.27 bits per heavy atom. The Balaban J connectivity index is 2.44. The molecule has 1 N–H and O–H groups in total. The van der Waals surface area contributed by atoms with Crippen molar-refractivity contribution >= 4 is 0 Å². The lowest BCUT2D eigenvalue weighted by Gasteiger charge is -2.38. The van der Waals surface area contributed by atoms with Crippen molar-refractivity contribution in [3.63, 3.8) is 0 Å². The summed E-state index contributed by atoms with van der Waals surface area (Å²) < 4.78 is 0. The maximum atomic E-state index is 9.14. The van der Waals surface area contributed by atoms with Crippen LogP contribution in [0.5, 0.6) is 0 Å². The van der Waals surface area contributed by atoms with E-state index in [4.69, 9.17) is 5.11 Å². The smallest absolute Gasteiger partial charge is 0.0497 e. The number of aliphatic hydroxyl groups is 1. The molecule has 1 aliphatic heterocycles. The van der Waals surface area contributed by atoms with Crippen LogP contribution < -0.4 is 0 Å². The second-order valence-corrected chi connectivity index (χ2v) is 3.94. The molecule has 0 aromatic rings. The highest BCUT2D eigenvalue weighted by atomic mass is 16.3. The summed E-state index contributed by atoms with van der Waals surface area (Å²) in [6.07, 6.45) is 2.42. The molecule has 0 radical (unpaired) electrons. The van der Waals surface area contributed by atoms with E-state index >= 15 is 0 Å². The van der Waals surface area contributed by atoms with Gasteiger partial charge in [0, 0.05) is 18.6 Å². The van der Waals surface area contributed by atoms with Crippen molar-refractivity contribution in [1.29, 1.82) is 0 Å². The summed E-state index contributed by atoms with van der Waals surface area (Å²) in [5.41, 5.74) is 0.175. The average Bonchev–Trinajstić information content (AvgIpc) is 2.05. The minimum atomic E-state index is 0.175. The number of piperidine rings is 1. The topological polar surface area (TPSA) is 23.5 Å². The predicted octanol–water partition coefficient (Wildman–Crippen LogP) is 1.10. The van der Waals surface area contributed by atoms with Crippen LogP contribution in [0, 0.1) is 5.41 Å². The van der Waals surface area contributed by atoms with Gasteiger partial charge in [-0.15, -0.1) is 0 Å². The molecule has 1 fully saturated rings. The molecule has 2 heteroatoms. The van der Waals surface area contributed by atoms with Gasteiger partial charge >= 0.3 is 0 Å². The first-order chi connectivity index (χ1) is 5.20. The lowest BCUT2D eigenvalue weighted by Crippen LogP contribution is -2.43. The lowest BCUT2D eigenvalue weighted by atomic mass is 9.83. The van der Waals surface area contributed by atoms with Gasteiger partial charge in [-0.25, -0.2) is 0 Å². The molecule has 1 aliphatic rings. The maximum absolute atomic E-state index is 9.14. The van der Waals surface area contributed by atoms with Crippen LogP contribution in [0.1, 0.15) is 26.7 Å². The van der Waals surface area contributed by atoms with Crippen LogP contribution in [-0.2, 0) is 0 Å². The third-order valence-corrected chi connectivity index (χ3v) is 2.69. The monoisotopic (exact) mass is 157 g/mol. The zero-order chi connectivity index (χ0) is 8.32. The van der Waals surface area contributed by atoms with Gasteiger partial charge in [-0.1, -0.05) is 13.8 Å². The molecule has 0 aliphatic carbocycles. The summed E-state index contributed by atoms with van der Waals surface area (Å²) in [5.74, 6) is 0. The van der Waals surface area contributed by atoms with E-state index in [2.05, 4.69) is 18.7 Å². The molecule has 2 nitrogen and oxygen atoms in total. The van der Waals surface area contributed by atoms with Gasteiger partial charge in [0.2, 0.25) is 0 Å². The van der Waals surface area contributed by atoms with E-state index in [1.807, 2.05) is 0 Å². The Kier molecular flexibility index (Phi) is 2.90. The molecule has 0 saturated carbocycles. The molecule has 1 unspecified atom stereocenters. The third kappa shape index (κ3) is 2.17. The van der Waals surface area contributed by atoms with E-state index < -0.39 is 0 Å². The number of nitrogens with zero attached hydrogens (tertiary/aromatic N) is 1. The van der Waals surface area contributed by atoms with Gasteiger partial charge in [-0.3, -0.25) is 0 Å². The lowest BCUT2D eigenvalue weighted by molar-refractivity contribution is 0.0493. The van der Waals surface area contributed by atoms with Crippen molar-refractivity contribution in [3.05, 3.63) is 0 Å². The Morgan fingerprint density at radius 3 is 2.82 bits per heavy atom. The maximum Gasteiger partial charge on any atom is 0.0497 e. The van der Waals surface area contributed by atoms with E-state index in [-0.39, 0.29) is 5.41 Å². The van der Waals surface area contributed by atoms with Gasteiger partial charge < -0.3 is 10.0 Å². The second kappa shape index (κ2) is 3.55. The summed E-state index contributed by atoms with van der Waals surface area (Å²) in [5, 5.41) is 9.14. The minimum Gasteiger partial charge on any atom is -0.396 e. The zero-order valence-electron chi connectivity index (χ0n) is 7.64. The van der Waals surface area contributed by atoms with Crippen LogP contribution >= 0.6 is 0 Å². The molecule has 0 bridgehead atoms. The molecule has 11 heavy (non-hydrogen) atoms. The van der Waals surface area contributed by atoms with Gasteiger partial charge in [0.25, 0.3) is 0 Å². The molecule has 0 spiro atoms. The summed E-state index contributed by atoms with van der Waals surface area (Å²) in [6.45, 7) is 8.10. The van der Waals surface area contributed by atoms with Gasteiger partial charge in [0.1, 0.15) is 0 Å². The summed E-state index contributed by atoms with van der Waals surface area (Å²) in [6, 6.07) is 0. The average molecular weight is 157 g/mol. The van der Waals surface area contributed by atoms with Gasteiger partial charge in [0.05, 0.1) is 0 Å². The highest BCUT2D eigenvalue weighted by Gasteiger charge is 2.29. The van der Waals surface area contributed by atoms with Gasteiger partial charge in [0.15, 0.2) is 0 Å². The minimum absolute atomic E-state index is 0.175. The van der Waals surface area contributed by atoms with Crippen LogP contribution in [0.3, 0.4) is 0 Å². The van der Waals surface area contributed by atoms with Gasteiger partial charge in [-0.2, -0.15) is 0 Å². The predicted molar refractivity (Wildman–Crippen MR) is 46.5 cm³/mol. The van der Waals surface area contributed by atoms with E-state index in [0.29, 0.717) is 6.61 Å². The molecule has 0 aromatic heterocycles. The third-order valence-electron chi connectivity index (χ3n) is 2.69. The van der Waals surface area contributed by atoms with E-state index in [1.165, 1.54) is 19.4 Å². The number of hydrogen-bond acceptors (Lipinski definition) is 2. The molecular formula is C9H19NO. The summed E-state index contributed by atoms with van der Waals surface area (Å²) in [4.78, 5) is 2.42. The number of aliphatic hydroxyl groups excluding tert-OH is 1. The summed E-state index contributed by atoms with van der Waals surface area (Å²) >= 11 is 0. The number of hydrogen-bond donors (Lipinski definition) is 1. The fraction of sp³-hybridized carbons (Fsp3) is 1.00. The summed E-state index contributed by atoms with van der Waals surface area (Å²) in [7, 11) is 0. The molecule has 1 rings (SSSR count). The Bertz CT molecular complexity index is 127. The largest absolute Gasteiger partial charge is 0.396 e. The van der Waals surface area contributed by atoms with Crippen LogP contribution in [0.4, 0.5) is 0 Å². The van der Waals surface area contributed by atoms with Crippen molar-refractivity contribution < 1.29 is 5.11 Å². The Morgan fingerprint density at radius 1 is 1.55 bits per heavy atom. The SMILES string of the molecule is CCN1CCCC(C)(CO)C1. The highest BCUT2D eigenvalue weighted by molar-refractivity contribution is 4.82. The van der Waals surface area contributed by atoms with E-state index in [9.17, 15) is 0 Å². The quantitative estimate of drug-likeness (QED) is 0.649. The first kappa shape index (κ1) is 9.01. The van der Waals surface area contributed by atoms with Crippen molar-refractivity contribution in [2.24, 2.45) is 5.41 Å². The molecule has 66 valence electrons.